The molecule has 0 unspecified atom stereocenters. The predicted octanol–water partition coefficient (Wildman–Crippen LogP) is 3.50. The monoisotopic (exact) mass is 368 g/mol. The van der Waals surface area contributed by atoms with Gasteiger partial charge >= 0.3 is 0 Å². The van der Waals surface area contributed by atoms with Crippen molar-refractivity contribution in [2.45, 2.75) is 0 Å². The van der Waals surface area contributed by atoms with Crippen LogP contribution in [0.2, 0.25) is 10.0 Å². The number of anilines is 2. The molecular formula is C16H11Cl2FN2O3. The van der Waals surface area contributed by atoms with E-state index in [1.54, 1.807) is 18.2 Å². The van der Waals surface area contributed by atoms with Crippen LogP contribution in [0.15, 0.2) is 36.4 Å². The molecule has 0 saturated heterocycles. The summed E-state index contributed by atoms with van der Waals surface area (Å²) in [5.41, 5.74) is 0.420. The Morgan fingerprint density at radius 3 is 2.67 bits per heavy atom. The van der Waals surface area contributed by atoms with E-state index < -0.39 is 11.7 Å². The number of carbonyl (C=O) groups is 2. The molecule has 124 valence electrons. The maximum atomic E-state index is 13.7. The Labute approximate surface area is 146 Å². The van der Waals surface area contributed by atoms with Crippen molar-refractivity contribution in [3.05, 3.63) is 52.3 Å². The van der Waals surface area contributed by atoms with Crippen LogP contribution >= 0.6 is 23.2 Å². The van der Waals surface area contributed by atoms with Crippen LogP contribution in [0.1, 0.15) is 0 Å². The molecule has 0 atom stereocenters. The molecule has 1 aliphatic rings. The largest absolute Gasteiger partial charge is 0.482 e. The lowest BCUT2D eigenvalue weighted by Gasteiger charge is -2.28. The molecule has 1 heterocycles. The van der Waals surface area contributed by atoms with E-state index in [2.05, 4.69) is 5.32 Å². The Morgan fingerprint density at radius 2 is 1.92 bits per heavy atom. The van der Waals surface area contributed by atoms with Gasteiger partial charge in [0.1, 0.15) is 18.1 Å². The summed E-state index contributed by atoms with van der Waals surface area (Å²) in [5.74, 6) is -1.17. The van der Waals surface area contributed by atoms with E-state index >= 15 is 0 Å². The lowest BCUT2D eigenvalue weighted by atomic mass is 10.2. The second-order valence-electron chi connectivity index (χ2n) is 5.05. The van der Waals surface area contributed by atoms with E-state index in [0.29, 0.717) is 16.5 Å². The lowest BCUT2D eigenvalue weighted by Crippen LogP contribution is -2.43. The highest BCUT2D eigenvalue weighted by Gasteiger charge is 2.27. The fraction of sp³-hybridized carbons (Fsp3) is 0.125. The zero-order valence-electron chi connectivity index (χ0n) is 12.2. The van der Waals surface area contributed by atoms with Crippen LogP contribution in [-0.2, 0) is 9.59 Å². The lowest BCUT2D eigenvalue weighted by molar-refractivity contribution is -0.123. The van der Waals surface area contributed by atoms with Crippen molar-refractivity contribution in [1.82, 2.24) is 0 Å². The van der Waals surface area contributed by atoms with Gasteiger partial charge in [-0.15, -0.1) is 0 Å². The van der Waals surface area contributed by atoms with Gasteiger partial charge in [-0.05, 0) is 30.3 Å². The molecule has 0 aliphatic carbocycles. The van der Waals surface area contributed by atoms with Gasteiger partial charge in [0.25, 0.3) is 5.91 Å². The summed E-state index contributed by atoms with van der Waals surface area (Å²) in [6, 6.07) is 8.64. The number of benzene rings is 2. The fourth-order valence-electron chi connectivity index (χ4n) is 2.28. The summed E-state index contributed by atoms with van der Waals surface area (Å²) < 4.78 is 19.0. The minimum Gasteiger partial charge on any atom is -0.482 e. The second-order valence-corrected chi connectivity index (χ2v) is 5.93. The van der Waals surface area contributed by atoms with Gasteiger partial charge in [0.15, 0.2) is 6.61 Å². The van der Waals surface area contributed by atoms with E-state index in [1.165, 1.54) is 17.0 Å². The zero-order valence-corrected chi connectivity index (χ0v) is 13.7. The maximum absolute atomic E-state index is 13.7. The van der Waals surface area contributed by atoms with E-state index in [1.807, 2.05) is 0 Å². The van der Waals surface area contributed by atoms with Gasteiger partial charge in [0, 0.05) is 16.1 Å². The number of rotatable bonds is 3. The molecule has 5 nitrogen and oxygen atoms in total. The highest BCUT2D eigenvalue weighted by atomic mass is 35.5. The molecule has 1 aliphatic heterocycles. The third-order valence-corrected chi connectivity index (χ3v) is 3.84. The van der Waals surface area contributed by atoms with Crippen molar-refractivity contribution in [2.24, 2.45) is 0 Å². The van der Waals surface area contributed by atoms with Gasteiger partial charge in [0.2, 0.25) is 5.91 Å². The first kappa shape index (κ1) is 16.5. The number of halogens is 3. The number of nitrogens with one attached hydrogen (secondary N) is 1. The number of ether oxygens (including phenoxy) is 1. The highest BCUT2D eigenvalue weighted by molar-refractivity contribution is 6.31. The Hall–Kier alpha value is -2.31. The van der Waals surface area contributed by atoms with Crippen LogP contribution in [0.25, 0.3) is 0 Å². The van der Waals surface area contributed by atoms with Gasteiger partial charge in [0.05, 0.1) is 11.4 Å². The highest BCUT2D eigenvalue weighted by Crippen LogP contribution is 2.34. The van der Waals surface area contributed by atoms with Crippen molar-refractivity contribution in [3.63, 3.8) is 0 Å². The standard InChI is InChI=1S/C16H11Cl2FN2O3/c17-9-1-3-12(11(19)5-9)20-15(22)7-21-13-4-2-10(18)6-14(13)24-8-16(21)23/h1-6H,7-8H2,(H,20,22). The fourth-order valence-corrected chi connectivity index (χ4v) is 2.60. The van der Waals surface area contributed by atoms with Crippen LogP contribution in [-0.4, -0.2) is 25.0 Å². The first-order chi connectivity index (χ1) is 11.4. The Balaban J connectivity index is 1.78. The van der Waals surface area contributed by atoms with Crippen molar-refractivity contribution >= 4 is 46.4 Å². The summed E-state index contributed by atoms with van der Waals surface area (Å²) >= 11 is 11.6. The van der Waals surface area contributed by atoms with Crippen LogP contribution in [0.3, 0.4) is 0 Å². The van der Waals surface area contributed by atoms with Crippen molar-refractivity contribution in [3.8, 4) is 5.75 Å². The van der Waals surface area contributed by atoms with E-state index in [9.17, 15) is 14.0 Å². The normalized spacial score (nSPS) is 13.3. The smallest absolute Gasteiger partial charge is 0.265 e. The molecular weight excluding hydrogens is 358 g/mol. The molecule has 0 aromatic heterocycles. The molecule has 8 heteroatoms. The average molecular weight is 369 g/mol. The molecule has 2 amide bonds. The minimum absolute atomic E-state index is 0.0126. The Bertz CT molecular complexity index is 829. The molecule has 0 saturated carbocycles. The number of nitrogens with zero attached hydrogens (tertiary/aromatic N) is 1. The summed E-state index contributed by atoms with van der Waals surface area (Å²) in [5, 5.41) is 3.09. The Kier molecular flexibility index (Phi) is 4.59. The number of fused-ring (bicyclic) bond motifs is 1. The summed E-state index contributed by atoms with van der Waals surface area (Å²) in [6.07, 6.45) is 0. The second kappa shape index (κ2) is 6.67. The van der Waals surface area contributed by atoms with Gasteiger partial charge in [-0.3, -0.25) is 14.5 Å². The quantitative estimate of drug-likeness (QED) is 0.901. The van der Waals surface area contributed by atoms with Gasteiger partial charge in [-0.25, -0.2) is 4.39 Å². The van der Waals surface area contributed by atoms with Crippen molar-refractivity contribution in [2.75, 3.05) is 23.4 Å². The third kappa shape index (κ3) is 3.44. The van der Waals surface area contributed by atoms with Crippen LogP contribution < -0.4 is 15.0 Å². The molecule has 2 aromatic rings. The summed E-state index contributed by atoms with van der Waals surface area (Å²) in [6.45, 7) is -0.477. The number of hydrogen-bond acceptors (Lipinski definition) is 3. The Morgan fingerprint density at radius 1 is 1.21 bits per heavy atom. The SMILES string of the molecule is O=C(CN1C(=O)COc2cc(Cl)ccc21)Nc1ccc(Cl)cc1F. The number of hydrogen-bond donors (Lipinski definition) is 1. The topological polar surface area (TPSA) is 58.6 Å². The van der Waals surface area contributed by atoms with Crippen LogP contribution in [0, 0.1) is 5.82 Å². The zero-order chi connectivity index (χ0) is 17.3. The molecule has 24 heavy (non-hydrogen) atoms. The first-order valence-electron chi connectivity index (χ1n) is 6.91. The number of carbonyl (C=O) groups excluding carboxylic acids is 2. The van der Waals surface area contributed by atoms with Crippen molar-refractivity contribution < 1.29 is 18.7 Å². The van der Waals surface area contributed by atoms with Crippen molar-refractivity contribution in [1.29, 1.82) is 0 Å². The van der Waals surface area contributed by atoms with Crippen LogP contribution in [0.4, 0.5) is 15.8 Å². The molecule has 0 radical (unpaired) electrons. The predicted molar refractivity (Wildman–Crippen MR) is 89.3 cm³/mol. The molecule has 1 N–H and O–H groups in total. The van der Waals surface area contributed by atoms with Crippen LogP contribution in [0.5, 0.6) is 5.75 Å². The van der Waals surface area contributed by atoms with E-state index in [4.69, 9.17) is 27.9 Å². The molecule has 0 spiro atoms. The van der Waals surface area contributed by atoms with Gasteiger partial charge in [-0.2, -0.15) is 0 Å². The van der Waals surface area contributed by atoms with Gasteiger partial charge < -0.3 is 10.1 Å². The van der Waals surface area contributed by atoms with E-state index in [-0.39, 0.29) is 29.8 Å². The average Bonchev–Trinajstić information content (AvgIpc) is 2.53. The number of amides is 2. The molecule has 0 fully saturated rings. The first-order valence-corrected chi connectivity index (χ1v) is 7.67. The third-order valence-electron chi connectivity index (χ3n) is 3.37. The maximum Gasteiger partial charge on any atom is 0.265 e. The summed E-state index contributed by atoms with van der Waals surface area (Å²) in [4.78, 5) is 25.5. The molecule has 2 aromatic carbocycles. The van der Waals surface area contributed by atoms with Gasteiger partial charge in [-0.1, -0.05) is 23.2 Å². The minimum atomic E-state index is -0.656. The molecule has 3 rings (SSSR count). The molecule has 0 bridgehead atoms. The summed E-state index contributed by atoms with van der Waals surface area (Å²) in [7, 11) is 0. The van der Waals surface area contributed by atoms with E-state index in [0.717, 1.165) is 6.07 Å².